The Balaban J connectivity index is 2.52. The highest BCUT2D eigenvalue weighted by Gasteiger charge is 2.14. The average molecular weight is 233 g/mol. The van der Waals surface area contributed by atoms with Crippen LogP contribution >= 0.6 is 23.2 Å². The summed E-state index contributed by atoms with van der Waals surface area (Å²) in [6.45, 7) is 0. The van der Waals surface area contributed by atoms with Crippen LogP contribution in [0.5, 0.6) is 0 Å². The Morgan fingerprint density at radius 2 is 2.14 bits per heavy atom. The van der Waals surface area contributed by atoms with Gasteiger partial charge in [-0.05, 0) is 6.07 Å². The molecule has 1 N–H and O–H groups in total. The molecule has 1 aromatic carbocycles. The Hall–Kier alpha value is -1.33. The molecule has 0 aliphatic carbocycles. The van der Waals surface area contributed by atoms with Crippen molar-refractivity contribution in [2.24, 2.45) is 0 Å². The van der Waals surface area contributed by atoms with E-state index < -0.39 is 5.76 Å². The molecule has 0 fully saturated rings. The Bertz CT molecular complexity index is 520. The van der Waals surface area contributed by atoms with Crippen LogP contribution in [-0.2, 0) is 0 Å². The lowest BCUT2D eigenvalue weighted by atomic mass is 10.3. The van der Waals surface area contributed by atoms with Crippen LogP contribution in [0, 0.1) is 0 Å². The van der Waals surface area contributed by atoms with Gasteiger partial charge in [-0.2, -0.15) is 0 Å². The largest absolute Gasteiger partial charge is 0.493 e. The van der Waals surface area contributed by atoms with Crippen molar-refractivity contribution in [3.05, 3.63) is 38.8 Å². The zero-order chi connectivity index (χ0) is 10.1. The number of nitrogens with one attached hydrogen (secondary N) is 1. The first-order valence-corrected chi connectivity index (χ1v) is 4.36. The molecule has 0 unspecified atom stereocenters. The Kier molecular flexibility index (Phi) is 2.26. The molecule has 0 amide bonds. The lowest BCUT2D eigenvalue weighted by Gasteiger charge is -1.91. The van der Waals surface area contributed by atoms with Gasteiger partial charge < -0.3 is 0 Å². The molecule has 0 bridgehead atoms. The highest BCUT2D eigenvalue weighted by atomic mass is 35.5. The number of H-pyrrole nitrogens is 1. The minimum Gasteiger partial charge on any atom is -0.239 e. The quantitative estimate of drug-likeness (QED) is 0.745. The third kappa shape index (κ3) is 1.64. The monoisotopic (exact) mass is 232 g/mol. The van der Waals surface area contributed by atoms with Gasteiger partial charge in [0.25, 0.3) is 5.69 Å². The molecule has 1 heterocycles. The summed E-state index contributed by atoms with van der Waals surface area (Å²) in [5.74, 6) is -0.643. The zero-order valence-electron chi connectivity index (χ0n) is 6.70. The maximum Gasteiger partial charge on any atom is 0.493 e. The maximum absolute atomic E-state index is 10.7. The molecule has 0 saturated heterocycles. The first-order chi connectivity index (χ1) is 6.66. The predicted molar refractivity (Wildman–Crippen MR) is 48.7 cm³/mol. The van der Waals surface area contributed by atoms with Crippen LogP contribution in [-0.4, -0.2) is 10.4 Å². The lowest BCUT2D eigenvalue weighted by Crippen LogP contribution is -2.37. The van der Waals surface area contributed by atoms with E-state index in [-0.39, 0.29) is 0 Å². The van der Waals surface area contributed by atoms with Gasteiger partial charge in [-0.15, -0.1) is 0 Å². The number of aromatic nitrogens is 3. The van der Waals surface area contributed by atoms with Crippen LogP contribution in [0.15, 0.2) is 27.5 Å². The number of hydrogen-bond acceptors (Lipinski definition) is 3. The molecular formula is C7H4Cl2N3O2+. The van der Waals surface area contributed by atoms with Gasteiger partial charge in [0, 0.05) is 12.1 Å². The summed E-state index contributed by atoms with van der Waals surface area (Å²) < 4.78 is 4.31. The molecule has 0 aliphatic rings. The van der Waals surface area contributed by atoms with Crippen molar-refractivity contribution >= 4 is 23.2 Å². The average Bonchev–Trinajstić information content (AvgIpc) is 2.57. The van der Waals surface area contributed by atoms with Crippen molar-refractivity contribution in [2.45, 2.75) is 0 Å². The highest BCUT2D eigenvalue weighted by Crippen LogP contribution is 2.21. The van der Waals surface area contributed by atoms with Gasteiger partial charge in [0.1, 0.15) is 0 Å². The lowest BCUT2D eigenvalue weighted by molar-refractivity contribution is -0.725. The molecule has 2 aromatic rings. The second-order valence-electron chi connectivity index (χ2n) is 2.48. The Morgan fingerprint density at radius 1 is 1.36 bits per heavy atom. The molecule has 0 radical (unpaired) electrons. The van der Waals surface area contributed by atoms with Crippen LogP contribution in [0.2, 0.25) is 10.0 Å². The number of halogens is 2. The maximum atomic E-state index is 10.7. The van der Waals surface area contributed by atoms with Crippen LogP contribution < -0.4 is 10.6 Å². The van der Waals surface area contributed by atoms with E-state index in [1.807, 2.05) is 0 Å². The van der Waals surface area contributed by atoms with E-state index in [2.05, 4.69) is 14.9 Å². The molecule has 5 nitrogen and oxygen atoms in total. The fourth-order valence-electron chi connectivity index (χ4n) is 0.934. The first kappa shape index (κ1) is 9.23. The molecule has 1 aromatic heterocycles. The van der Waals surface area contributed by atoms with Crippen molar-refractivity contribution in [2.75, 3.05) is 0 Å². The number of nitrogens with zero attached hydrogens (tertiary/aromatic N) is 2. The standard InChI is InChI=1S/C7H3Cl2N3O2/c8-5-2-1-4(3-6(5)9)12-10-7(13)14-11-12/h1-3H/p+1. The number of aromatic amines is 1. The van der Waals surface area contributed by atoms with E-state index in [1.54, 1.807) is 18.2 Å². The molecule has 0 aliphatic heterocycles. The second-order valence-corrected chi connectivity index (χ2v) is 3.30. The van der Waals surface area contributed by atoms with Gasteiger partial charge in [-0.1, -0.05) is 28.3 Å². The van der Waals surface area contributed by atoms with E-state index in [0.29, 0.717) is 15.7 Å². The number of rotatable bonds is 1. The summed E-state index contributed by atoms with van der Waals surface area (Å²) in [5.41, 5.74) is 0.560. The minimum absolute atomic E-state index is 0.375. The number of benzene rings is 1. The minimum atomic E-state index is -0.643. The van der Waals surface area contributed by atoms with E-state index in [9.17, 15) is 4.79 Å². The van der Waals surface area contributed by atoms with E-state index in [1.165, 1.54) is 0 Å². The van der Waals surface area contributed by atoms with E-state index in [0.717, 1.165) is 4.80 Å². The summed E-state index contributed by atoms with van der Waals surface area (Å²) in [6, 6.07) is 4.80. The van der Waals surface area contributed by atoms with Gasteiger partial charge in [0.15, 0.2) is 0 Å². The van der Waals surface area contributed by atoms with E-state index in [4.69, 9.17) is 23.2 Å². The smallest absolute Gasteiger partial charge is 0.239 e. The summed E-state index contributed by atoms with van der Waals surface area (Å²) in [4.78, 5) is 11.8. The molecule has 72 valence electrons. The third-order valence-electron chi connectivity index (χ3n) is 1.55. The van der Waals surface area contributed by atoms with Crippen LogP contribution in [0.4, 0.5) is 0 Å². The number of hydrogen-bond donors (Lipinski definition) is 1. The molecule has 0 atom stereocenters. The predicted octanol–water partition coefficient (Wildman–Crippen LogP) is 0.946. The molecule has 2 rings (SSSR count). The molecule has 14 heavy (non-hydrogen) atoms. The Labute approximate surface area is 87.8 Å². The summed E-state index contributed by atoms with van der Waals surface area (Å²) in [5, 5.41) is 6.56. The zero-order valence-corrected chi connectivity index (χ0v) is 8.21. The van der Waals surface area contributed by atoms with Gasteiger partial charge in [0.2, 0.25) is 5.27 Å². The summed E-state index contributed by atoms with van der Waals surface area (Å²) in [6.07, 6.45) is 0. The topological polar surface area (TPSA) is 62.8 Å². The van der Waals surface area contributed by atoms with Gasteiger partial charge in [-0.25, -0.2) is 9.32 Å². The van der Waals surface area contributed by atoms with E-state index >= 15 is 0 Å². The van der Waals surface area contributed by atoms with Crippen LogP contribution in [0.25, 0.3) is 5.69 Å². The third-order valence-corrected chi connectivity index (χ3v) is 2.29. The van der Waals surface area contributed by atoms with Crippen molar-refractivity contribution in [3.8, 4) is 5.69 Å². The van der Waals surface area contributed by atoms with Crippen LogP contribution in [0.1, 0.15) is 0 Å². The fraction of sp³-hybridized carbons (Fsp3) is 0. The molecule has 7 heteroatoms. The molecular weight excluding hydrogens is 229 g/mol. The van der Waals surface area contributed by atoms with Crippen molar-refractivity contribution in [1.29, 1.82) is 0 Å². The van der Waals surface area contributed by atoms with Gasteiger partial charge in [-0.3, -0.25) is 0 Å². The summed E-state index contributed by atoms with van der Waals surface area (Å²) in [7, 11) is 0. The highest BCUT2D eigenvalue weighted by molar-refractivity contribution is 6.42. The van der Waals surface area contributed by atoms with Crippen LogP contribution in [0.3, 0.4) is 0 Å². The second kappa shape index (κ2) is 3.43. The van der Waals surface area contributed by atoms with Crippen molar-refractivity contribution in [3.63, 3.8) is 0 Å². The Morgan fingerprint density at radius 3 is 2.71 bits per heavy atom. The van der Waals surface area contributed by atoms with Gasteiger partial charge in [0.05, 0.1) is 14.8 Å². The van der Waals surface area contributed by atoms with Gasteiger partial charge >= 0.3 is 5.76 Å². The fourth-order valence-corrected chi connectivity index (χ4v) is 1.23. The van der Waals surface area contributed by atoms with Crippen molar-refractivity contribution in [1.82, 2.24) is 10.4 Å². The summed E-state index contributed by atoms with van der Waals surface area (Å²) >= 11 is 11.5. The van der Waals surface area contributed by atoms with Crippen molar-refractivity contribution < 1.29 is 9.32 Å². The molecule has 0 saturated carbocycles. The normalized spacial score (nSPS) is 10.4. The SMILES string of the molecule is O=c1[nH][n+](-c2ccc(Cl)c(Cl)c2)no1. The first-order valence-electron chi connectivity index (χ1n) is 3.60. The molecule has 0 spiro atoms.